The highest BCUT2D eigenvalue weighted by Gasteiger charge is 2.16. The Morgan fingerprint density at radius 3 is 2.96 bits per heavy atom. The van der Waals surface area contributed by atoms with Crippen LogP contribution in [0.4, 0.5) is 4.79 Å². The lowest BCUT2D eigenvalue weighted by molar-refractivity contribution is 0.0120. The van der Waals surface area contributed by atoms with E-state index >= 15 is 0 Å². The van der Waals surface area contributed by atoms with E-state index in [0.717, 1.165) is 37.3 Å². The first-order valence-corrected chi connectivity index (χ1v) is 8.86. The van der Waals surface area contributed by atoms with Crippen molar-refractivity contribution in [2.75, 3.05) is 13.2 Å². The zero-order chi connectivity index (χ0) is 17.5. The summed E-state index contributed by atoms with van der Waals surface area (Å²) < 4.78 is 7.36. The van der Waals surface area contributed by atoms with Gasteiger partial charge in [-0.25, -0.2) is 9.48 Å². The molecule has 1 aliphatic rings. The van der Waals surface area contributed by atoms with Gasteiger partial charge in [0.25, 0.3) is 0 Å². The van der Waals surface area contributed by atoms with Crippen molar-refractivity contribution in [3.05, 3.63) is 42.2 Å². The van der Waals surface area contributed by atoms with Crippen molar-refractivity contribution < 1.29 is 9.53 Å². The molecule has 1 aromatic heterocycles. The number of hydrogen-bond acceptors (Lipinski definition) is 4. The Morgan fingerprint density at radius 1 is 1.36 bits per heavy atom. The van der Waals surface area contributed by atoms with E-state index in [2.05, 4.69) is 20.9 Å². The minimum atomic E-state index is -0.219. The van der Waals surface area contributed by atoms with Gasteiger partial charge in [0.2, 0.25) is 0 Å². The van der Waals surface area contributed by atoms with Crippen LogP contribution in [0.15, 0.2) is 36.5 Å². The third-order valence-electron chi connectivity index (χ3n) is 4.35. The van der Waals surface area contributed by atoms with Crippen LogP contribution in [-0.4, -0.2) is 40.3 Å². The Labute approximate surface area is 147 Å². The lowest BCUT2D eigenvalue weighted by Crippen LogP contribution is -2.38. The molecule has 1 aromatic carbocycles. The van der Waals surface area contributed by atoms with Crippen LogP contribution in [0.2, 0.25) is 0 Å². The number of rotatable bonds is 6. The first kappa shape index (κ1) is 17.4. The third-order valence-corrected chi connectivity index (χ3v) is 4.35. The molecule has 0 spiro atoms. The van der Waals surface area contributed by atoms with Crippen molar-refractivity contribution in [1.29, 1.82) is 0 Å². The van der Waals surface area contributed by atoms with Crippen molar-refractivity contribution in [2.45, 2.75) is 44.8 Å². The van der Waals surface area contributed by atoms with Crippen LogP contribution in [0.3, 0.4) is 0 Å². The summed E-state index contributed by atoms with van der Waals surface area (Å²) in [6, 6.07) is 9.34. The van der Waals surface area contributed by atoms with Gasteiger partial charge in [-0.3, -0.25) is 0 Å². The van der Waals surface area contributed by atoms with Crippen molar-refractivity contribution in [3.8, 4) is 5.69 Å². The second kappa shape index (κ2) is 8.62. The lowest BCUT2D eigenvalue weighted by Gasteiger charge is -2.22. The Morgan fingerprint density at radius 2 is 2.20 bits per heavy atom. The molecule has 3 rings (SSSR count). The smallest absolute Gasteiger partial charge is 0.315 e. The highest BCUT2D eigenvalue weighted by atomic mass is 16.5. The van der Waals surface area contributed by atoms with E-state index < -0.39 is 0 Å². The van der Waals surface area contributed by atoms with Gasteiger partial charge in [0.05, 0.1) is 24.0 Å². The molecule has 0 aliphatic carbocycles. The molecule has 1 fully saturated rings. The van der Waals surface area contributed by atoms with Crippen molar-refractivity contribution in [1.82, 2.24) is 25.6 Å². The van der Waals surface area contributed by atoms with E-state index in [9.17, 15) is 4.79 Å². The van der Waals surface area contributed by atoms with Crippen LogP contribution in [0, 0.1) is 0 Å². The highest BCUT2D eigenvalue weighted by molar-refractivity contribution is 5.74. The number of carbonyl (C=O) groups excluding carboxylic acids is 1. The van der Waals surface area contributed by atoms with Gasteiger partial charge in [-0.1, -0.05) is 23.4 Å². The van der Waals surface area contributed by atoms with Gasteiger partial charge in [-0.15, -0.1) is 5.10 Å². The zero-order valence-corrected chi connectivity index (χ0v) is 14.5. The number of carbonyl (C=O) groups is 1. The van der Waals surface area contributed by atoms with E-state index in [0.29, 0.717) is 6.54 Å². The predicted molar refractivity (Wildman–Crippen MR) is 94.5 cm³/mol. The van der Waals surface area contributed by atoms with E-state index in [-0.39, 0.29) is 18.2 Å². The third kappa shape index (κ3) is 5.03. The van der Waals surface area contributed by atoms with Gasteiger partial charge >= 0.3 is 6.03 Å². The molecule has 1 saturated heterocycles. The molecular weight excluding hydrogens is 318 g/mol. The van der Waals surface area contributed by atoms with Crippen LogP contribution in [0.25, 0.3) is 5.69 Å². The van der Waals surface area contributed by atoms with Gasteiger partial charge in [0.1, 0.15) is 5.69 Å². The number of amides is 2. The predicted octanol–water partition coefficient (Wildman–Crippen LogP) is 2.59. The highest BCUT2D eigenvalue weighted by Crippen LogP contribution is 2.15. The average Bonchev–Trinajstić information content (AvgIpc) is 3.14. The Balaban J connectivity index is 1.44. The molecule has 2 unspecified atom stereocenters. The number of aromatic nitrogens is 3. The molecule has 0 bridgehead atoms. The monoisotopic (exact) mass is 343 g/mol. The number of ether oxygens (including phenoxy) is 1. The maximum atomic E-state index is 12.0. The number of nitrogens with one attached hydrogen (secondary N) is 2. The summed E-state index contributed by atoms with van der Waals surface area (Å²) in [6.45, 7) is 3.34. The maximum Gasteiger partial charge on any atom is 0.315 e. The number of para-hydroxylation sites is 1. The van der Waals surface area contributed by atoms with Crippen LogP contribution in [0.5, 0.6) is 0 Å². The van der Waals surface area contributed by atoms with Gasteiger partial charge in [0, 0.05) is 13.2 Å². The molecule has 2 amide bonds. The van der Waals surface area contributed by atoms with Crippen molar-refractivity contribution in [2.24, 2.45) is 0 Å². The molecular formula is C18H25N5O2. The lowest BCUT2D eigenvalue weighted by atomic mass is 10.1. The molecule has 2 N–H and O–H groups in total. The fourth-order valence-electron chi connectivity index (χ4n) is 2.89. The second-order valence-corrected chi connectivity index (χ2v) is 6.32. The molecule has 7 nitrogen and oxygen atoms in total. The Hall–Kier alpha value is -2.41. The molecule has 25 heavy (non-hydrogen) atoms. The first-order valence-electron chi connectivity index (χ1n) is 8.86. The van der Waals surface area contributed by atoms with Crippen LogP contribution in [0.1, 0.15) is 44.3 Å². The fourth-order valence-corrected chi connectivity index (χ4v) is 2.89. The number of benzene rings is 1. The summed E-state index contributed by atoms with van der Waals surface area (Å²) in [6.07, 6.45) is 6.40. The summed E-state index contributed by atoms with van der Waals surface area (Å²) in [5.74, 6) is 0. The molecule has 2 atom stereocenters. The largest absolute Gasteiger partial charge is 0.378 e. The van der Waals surface area contributed by atoms with Crippen LogP contribution < -0.4 is 10.6 Å². The summed E-state index contributed by atoms with van der Waals surface area (Å²) in [5.41, 5.74) is 1.65. The van der Waals surface area contributed by atoms with E-state index in [1.165, 1.54) is 6.42 Å². The maximum absolute atomic E-state index is 12.0. The van der Waals surface area contributed by atoms with Crippen molar-refractivity contribution in [3.63, 3.8) is 0 Å². The Kier molecular flexibility index (Phi) is 6.00. The Bertz CT molecular complexity index is 667. The van der Waals surface area contributed by atoms with Crippen LogP contribution in [-0.2, 0) is 4.74 Å². The standard InChI is InChI=1S/C18H25N5O2/c1-14(17-13-23(22-21-17)15-7-3-2-4-8-15)20-18(24)19-11-10-16-9-5-6-12-25-16/h2-4,7-8,13-14,16H,5-6,9-12H2,1H3,(H2,19,20,24). The van der Waals surface area contributed by atoms with Crippen LogP contribution >= 0.6 is 0 Å². The number of urea groups is 1. The molecule has 2 heterocycles. The van der Waals surface area contributed by atoms with E-state index in [1.54, 1.807) is 4.68 Å². The van der Waals surface area contributed by atoms with Crippen molar-refractivity contribution >= 4 is 6.03 Å². The molecule has 7 heteroatoms. The molecule has 1 aliphatic heterocycles. The number of hydrogen-bond donors (Lipinski definition) is 2. The SMILES string of the molecule is CC(NC(=O)NCCC1CCCCO1)c1cn(-c2ccccc2)nn1. The van der Waals surface area contributed by atoms with Gasteiger partial charge < -0.3 is 15.4 Å². The average molecular weight is 343 g/mol. The molecule has 2 aromatic rings. The summed E-state index contributed by atoms with van der Waals surface area (Å²) >= 11 is 0. The van der Waals surface area contributed by atoms with Gasteiger partial charge in [-0.2, -0.15) is 0 Å². The summed E-state index contributed by atoms with van der Waals surface area (Å²) in [5, 5.41) is 14.0. The minimum Gasteiger partial charge on any atom is -0.378 e. The normalized spacial score (nSPS) is 18.5. The summed E-state index contributed by atoms with van der Waals surface area (Å²) in [7, 11) is 0. The minimum absolute atomic E-state index is 0.197. The van der Waals surface area contributed by atoms with E-state index in [4.69, 9.17) is 4.74 Å². The first-order chi connectivity index (χ1) is 12.2. The van der Waals surface area contributed by atoms with Gasteiger partial charge in [-0.05, 0) is 44.7 Å². The summed E-state index contributed by atoms with van der Waals surface area (Å²) in [4.78, 5) is 12.0. The second-order valence-electron chi connectivity index (χ2n) is 6.32. The molecule has 0 saturated carbocycles. The fraction of sp³-hybridized carbons (Fsp3) is 0.500. The topological polar surface area (TPSA) is 81.1 Å². The van der Waals surface area contributed by atoms with E-state index in [1.807, 2.05) is 43.5 Å². The zero-order valence-electron chi connectivity index (χ0n) is 14.5. The van der Waals surface area contributed by atoms with Gasteiger partial charge in [0.15, 0.2) is 0 Å². The molecule has 0 radical (unpaired) electrons. The molecule has 134 valence electrons. The quantitative estimate of drug-likeness (QED) is 0.845. The number of nitrogens with zero attached hydrogens (tertiary/aromatic N) is 3.